The number of hydrogen-bond donors (Lipinski definition) is 1. The zero-order valence-electron chi connectivity index (χ0n) is 12.7. The number of esters is 1. The van der Waals surface area contributed by atoms with E-state index in [1.807, 2.05) is 0 Å². The Kier molecular flexibility index (Phi) is 5.11. The van der Waals surface area contributed by atoms with Gasteiger partial charge in [-0.15, -0.1) is 13.2 Å². The number of hydrogen-bond acceptors (Lipinski definition) is 6. The van der Waals surface area contributed by atoms with Gasteiger partial charge in [0.25, 0.3) is 5.69 Å². The maximum absolute atomic E-state index is 12.3. The summed E-state index contributed by atoms with van der Waals surface area (Å²) in [7, 11) is 1.15. The first kappa shape index (κ1) is 18.0. The minimum Gasteiger partial charge on any atom is -0.465 e. The summed E-state index contributed by atoms with van der Waals surface area (Å²) < 4.78 is 45.1. The van der Waals surface area contributed by atoms with Crippen LogP contribution in [0.15, 0.2) is 42.5 Å². The topological polar surface area (TPSA) is 90.7 Å². The number of alkyl halides is 3. The molecule has 0 aliphatic carbocycles. The number of nitrogens with one attached hydrogen (secondary N) is 1. The predicted octanol–water partition coefficient (Wildman–Crippen LogP) is 4.02. The van der Waals surface area contributed by atoms with E-state index in [0.29, 0.717) is 0 Å². The van der Waals surface area contributed by atoms with Crippen molar-refractivity contribution in [3.05, 3.63) is 58.1 Å². The van der Waals surface area contributed by atoms with E-state index in [1.165, 1.54) is 24.3 Å². The number of nitrogens with zero attached hydrogens (tertiary/aromatic N) is 1. The zero-order valence-corrected chi connectivity index (χ0v) is 12.7. The molecule has 0 saturated heterocycles. The van der Waals surface area contributed by atoms with Gasteiger partial charge < -0.3 is 14.8 Å². The number of nitro groups is 1. The van der Waals surface area contributed by atoms with Gasteiger partial charge in [-0.3, -0.25) is 10.1 Å². The molecule has 0 saturated carbocycles. The summed E-state index contributed by atoms with van der Waals surface area (Å²) in [5.74, 6) is -1.21. The van der Waals surface area contributed by atoms with Gasteiger partial charge in [0.2, 0.25) is 0 Å². The minimum atomic E-state index is -4.87. The normalized spacial score (nSPS) is 10.9. The first-order valence-corrected chi connectivity index (χ1v) is 6.69. The van der Waals surface area contributed by atoms with E-state index >= 15 is 0 Å². The zero-order chi connectivity index (χ0) is 18.6. The van der Waals surface area contributed by atoms with Crippen molar-refractivity contribution in [3.8, 4) is 5.75 Å². The van der Waals surface area contributed by atoms with Crippen molar-refractivity contribution in [2.75, 3.05) is 12.4 Å². The van der Waals surface area contributed by atoms with E-state index in [-0.39, 0.29) is 22.6 Å². The van der Waals surface area contributed by atoms with Crippen LogP contribution in [0, 0.1) is 10.1 Å². The molecule has 7 nitrogen and oxygen atoms in total. The van der Waals surface area contributed by atoms with Crippen LogP contribution in [0.4, 0.5) is 30.2 Å². The monoisotopic (exact) mass is 356 g/mol. The first-order chi connectivity index (χ1) is 11.7. The molecule has 10 heteroatoms. The SMILES string of the molecule is COC(=O)c1ccc([N+](=O)[O-])c(Nc2cccc(OC(F)(F)F)c2)c1. The van der Waals surface area contributed by atoms with Gasteiger partial charge in [0.15, 0.2) is 0 Å². The number of benzene rings is 2. The molecule has 0 aromatic heterocycles. The Balaban J connectivity index is 2.36. The van der Waals surface area contributed by atoms with E-state index in [1.54, 1.807) is 0 Å². The van der Waals surface area contributed by atoms with Gasteiger partial charge in [0.1, 0.15) is 11.4 Å². The highest BCUT2D eigenvalue weighted by Gasteiger charge is 2.31. The van der Waals surface area contributed by atoms with Crippen LogP contribution in [0.25, 0.3) is 0 Å². The summed E-state index contributed by atoms with van der Waals surface area (Å²) >= 11 is 0. The van der Waals surface area contributed by atoms with Crippen molar-refractivity contribution in [1.29, 1.82) is 0 Å². The van der Waals surface area contributed by atoms with Gasteiger partial charge >= 0.3 is 12.3 Å². The lowest BCUT2D eigenvalue weighted by atomic mass is 10.1. The van der Waals surface area contributed by atoms with E-state index < -0.39 is 23.0 Å². The summed E-state index contributed by atoms with van der Waals surface area (Å²) in [6, 6.07) is 8.22. The van der Waals surface area contributed by atoms with Gasteiger partial charge in [0, 0.05) is 17.8 Å². The third-order valence-corrected chi connectivity index (χ3v) is 2.96. The number of ether oxygens (including phenoxy) is 2. The molecule has 25 heavy (non-hydrogen) atoms. The highest BCUT2D eigenvalue weighted by atomic mass is 19.4. The van der Waals surface area contributed by atoms with Crippen LogP contribution in [0.2, 0.25) is 0 Å². The molecular weight excluding hydrogens is 345 g/mol. The molecule has 0 aliphatic heterocycles. The van der Waals surface area contributed by atoms with Crippen molar-refractivity contribution >= 4 is 23.0 Å². The number of halogens is 3. The fraction of sp³-hybridized carbons (Fsp3) is 0.133. The molecule has 2 rings (SSSR count). The molecule has 0 radical (unpaired) electrons. The van der Waals surface area contributed by atoms with Crippen LogP contribution in [0.1, 0.15) is 10.4 Å². The number of rotatable bonds is 5. The fourth-order valence-electron chi connectivity index (χ4n) is 1.97. The average Bonchev–Trinajstić information content (AvgIpc) is 2.52. The van der Waals surface area contributed by atoms with Crippen LogP contribution in [0.3, 0.4) is 0 Å². The lowest BCUT2D eigenvalue weighted by Crippen LogP contribution is -2.17. The summed E-state index contributed by atoms with van der Waals surface area (Å²) in [5, 5.41) is 13.7. The molecule has 0 spiro atoms. The van der Waals surface area contributed by atoms with E-state index in [4.69, 9.17) is 0 Å². The van der Waals surface area contributed by atoms with E-state index in [2.05, 4.69) is 14.8 Å². The summed E-state index contributed by atoms with van der Waals surface area (Å²) in [6.07, 6.45) is -4.87. The lowest BCUT2D eigenvalue weighted by Gasteiger charge is -2.12. The third kappa shape index (κ3) is 4.83. The number of anilines is 2. The Morgan fingerprint density at radius 1 is 1.20 bits per heavy atom. The molecule has 0 unspecified atom stereocenters. The summed E-state index contributed by atoms with van der Waals surface area (Å²) in [6.45, 7) is 0. The molecule has 2 aromatic carbocycles. The quantitative estimate of drug-likeness (QED) is 0.494. The Labute approximate surface area is 139 Å². The number of carbonyl (C=O) groups excluding carboxylic acids is 1. The molecule has 0 aliphatic rings. The average molecular weight is 356 g/mol. The van der Waals surface area contributed by atoms with Crippen LogP contribution in [-0.2, 0) is 4.74 Å². The smallest absolute Gasteiger partial charge is 0.465 e. The highest BCUT2D eigenvalue weighted by molar-refractivity contribution is 5.92. The van der Waals surface area contributed by atoms with Gasteiger partial charge in [-0.05, 0) is 24.3 Å². The van der Waals surface area contributed by atoms with Crippen molar-refractivity contribution in [2.45, 2.75) is 6.36 Å². The minimum absolute atomic E-state index is 0.0401. The van der Waals surface area contributed by atoms with Crippen LogP contribution < -0.4 is 10.1 Å². The molecule has 1 N–H and O–H groups in total. The standard InChI is InChI=1S/C15H11F3N2O5/c1-24-14(21)9-5-6-13(20(22)23)12(7-9)19-10-3-2-4-11(8-10)25-15(16,17)18/h2-8,19H,1H3. The van der Waals surface area contributed by atoms with Crippen molar-refractivity contribution in [3.63, 3.8) is 0 Å². The largest absolute Gasteiger partial charge is 0.573 e. The van der Waals surface area contributed by atoms with Crippen molar-refractivity contribution in [2.24, 2.45) is 0 Å². The number of methoxy groups -OCH3 is 1. The summed E-state index contributed by atoms with van der Waals surface area (Å²) in [4.78, 5) is 21.9. The van der Waals surface area contributed by atoms with Gasteiger partial charge in [0.05, 0.1) is 17.6 Å². The molecular formula is C15H11F3N2O5. The molecule has 2 aromatic rings. The highest BCUT2D eigenvalue weighted by Crippen LogP contribution is 2.31. The summed E-state index contributed by atoms with van der Waals surface area (Å²) in [5.41, 5.74) is -0.308. The van der Waals surface area contributed by atoms with E-state index in [9.17, 15) is 28.1 Å². The molecule has 0 amide bonds. The fourth-order valence-corrected chi connectivity index (χ4v) is 1.97. The maximum Gasteiger partial charge on any atom is 0.573 e. The lowest BCUT2D eigenvalue weighted by molar-refractivity contribution is -0.383. The second kappa shape index (κ2) is 7.07. The molecule has 0 bridgehead atoms. The van der Waals surface area contributed by atoms with Gasteiger partial charge in [-0.2, -0.15) is 0 Å². The molecule has 132 valence electrons. The Morgan fingerprint density at radius 3 is 2.52 bits per heavy atom. The maximum atomic E-state index is 12.3. The second-order valence-electron chi connectivity index (χ2n) is 4.68. The van der Waals surface area contributed by atoms with Crippen molar-refractivity contribution in [1.82, 2.24) is 0 Å². The van der Waals surface area contributed by atoms with Gasteiger partial charge in [-0.1, -0.05) is 6.07 Å². The van der Waals surface area contributed by atoms with Crippen molar-refractivity contribution < 1.29 is 32.4 Å². The molecule has 0 atom stereocenters. The Hall–Kier alpha value is -3.30. The van der Waals surface area contributed by atoms with Gasteiger partial charge in [-0.25, -0.2) is 4.79 Å². The number of carbonyl (C=O) groups is 1. The molecule has 0 heterocycles. The Morgan fingerprint density at radius 2 is 1.92 bits per heavy atom. The van der Waals surface area contributed by atoms with Crippen LogP contribution in [-0.4, -0.2) is 24.4 Å². The molecule has 0 fully saturated rings. The number of nitro benzene ring substituents is 1. The van der Waals surface area contributed by atoms with Crippen LogP contribution in [0.5, 0.6) is 5.75 Å². The first-order valence-electron chi connectivity index (χ1n) is 6.69. The third-order valence-electron chi connectivity index (χ3n) is 2.96. The second-order valence-corrected chi connectivity index (χ2v) is 4.68. The van der Waals surface area contributed by atoms with Crippen LogP contribution >= 0.6 is 0 Å². The Bertz CT molecular complexity index is 808. The van der Waals surface area contributed by atoms with E-state index in [0.717, 1.165) is 25.3 Å². The predicted molar refractivity (Wildman–Crippen MR) is 80.8 cm³/mol.